The molecule has 0 radical (unpaired) electrons. The zero-order valence-electron chi connectivity index (χ0n) is 11.9. The van der Waals surface area contributed by atoms with Crippen LogP contribution < -0.4 is 20.1 Å². The Hall–Kier alpha value is -1.79. The van der Waals surface area contributed by atoms with E-state index in [0.717, 1.165) is 0 Å². The number of nitrogens with one attached hydrogen (secondary N) is 2. The van der Waals surface area contributed by atoms with Crippen LogP contribution in [0.15, 0.2) is 24.3 Å². The fourth-order valence-electron chi connectivity index (χ4n) is 1.54. The SMILES string of the molecule is COc1cccc(OCC(O)CNCCNC(C)=O)c1. The van der Waals surface area contributed by atoms with Gasteiger partial charge in [-0.3, -0.25) is 4.79 Å². The molecule has 1 aromatic carbocycles. The highest BCUT2D eigenvalue weighted by Gasteiger charge is 2.05. The summed E-state index contributed by atoms with van der Waals surface area (Å²) in [6, 6.07) is 7.22. The lowest BCUT2D eigenvalue weighted by atomic mass is 10.3. The summed E-state index contributed by atoms with van der Waals surface area (Å²) in [4.78, 5) is 10.6. The Balaban J connectivity index is 2.15. The highest BCUT2D eigenvalue weighted by atomic mass is 16.5. The molecule has 0 spiro atoms. The zero-order chi connectivity index (χ0) is 14.8. The third-order valence-electron chi connectivity index (χ3n) is 2.54. The second-order valence-electron chi connectivity index (χ2n) is 4.33. The van der Waals surface area contributed by atoms with E-state index in [1.807, 2.05) is 12.1 Å². The Labute approximate surface area is 119 Å². The van der Waals surface area contributed by atoms with Gasteiger partial charge in [0.25, 0.3) is 0 Å². The number of hydrogen-bond donors (Lipinski definition) is 3. The first-order valence-electron chi connectivity index (χ1n) is 6.52. The number of aliphatic hydroxyl groups is 1. The molecular weight excluding hydrogens is 260 g/mol. The molecule has 1 amide bonds. The summed E-state index contributed by atoms with van der Waals surface area (Å²) in [6.45, 7) is 3.22. The lowest BCUT2D eigenvalue weighted by molar-refractivity contribution is -0.118. The molecule has 0 heterocycles. The van der Waals surface area contributed by atoms with Crippen molar-refractivity contribution in [3.05, 3.63) is 24.3 Å². The second kappa shape index (κ2) is 9.17. The van der Waals surface area contributed by atoms with Gasteiger partial charge in [0.15, 0.2) is 0 Å². The van der Waals surface area contributed by atoms with E-state index in [0.29, 0.717) is 31.1 Å². The smallest absolute Gasteiger partial charge is 0.216 e. The van der Waals surface area contributed by atoms with E-state index in [4.69, 9.17) is 9.47 Å². The molecular formula is C14H22N2O4. The first-order valence-corrected chi connectivity index (χ1v) is 6.52. The van der Waals surface area contributed by atoms with Gasteiger partial charge in [-0.2, -0.15) is 0 Å². The maximum Gasteiger partial charge on any atom is 0.216 e. The van der Waals surface area contributed by atoms with E-state index in [1.165, 1.54) is 6.92 Å². The Kier molecular flexibility index (Phi) is 7.46. The van der Waals surface area contributed by atoms with Crippen LogP contribution in [0.5, 0.6) is 11.5 Å². The van der Waals surface area contributed by atoms with Crippen molar-refractivity contribution in [2.45, 2.75) is 13.0 Å². The average Bonchev–Trinajstić information content (AvgIpc) is 2.44. The van der Waals surface area contributed by atoms with Gasteiger partial charge < -0.3 is 25.2 Å². The van der Waals surface area contributed by atoms with Crippen LogP contribution in [0.4, 0.5) is 0 Å². The number of aliphatic hydroxyl groups excluding tert-OH is 1. The Morgan fingerprint density at radius 3 is 2.80 bits per heavy atom. The number of carbonyl (C=O) groups excluding carboxylic acids is 1. The Morgan fingerprint density at radius 1 is 1.35 bits per heavy atom. The lowest BCUT2D eigenvalue weighted by Gasteiger charge is -2.13. The van der Waals surface area contributed by atoms with Crippen LogP contribution in [0.3, 0.4) is 0 Å². The first kappa shape index (κ1) is 16.3. The molecule has 1 atom stereocenters. The molecule has 0 fully saturated rings. The maximum absolute atomic E-state index is 10.6. The highest BCUT2D eigenvalue weighted by molar-refractivity contribution is 5.72. The van der Waals surface area contributed by atoms with Crippen LogP contribution >= 0.6 is 0 Å². The van der Waals surface area contributed by atoms with Gasteiger partial charge >= 0.3 is 0 Å². The van der Waals surface area contributed by atoms with Crippen molar-refractivity contribution in [3.8, 4) is 11.5 Å². The Bertz CT molecular complexity index is 412. The predicted molar refractivity (Wildman–Crippen MR) is 76.0 cm³/mol. The van der Waals surface area contributed by atoms with E-state index in [-0.39, 0.29) is 12.5 Å². The highest BCUT2D eigenvalue weighted by Crippen LogP contribution is 2.18. The molecule has 1 aromatic rings. The number of carbonyl (C=O) groups is 1. The zero-order valence-corrected chi connectivity index (χ0v) is 11.9. The average molecular weight is 282 g/mol. The molecule has 0 aliphatic heterocycles. The largest absolute Gasteiger partial charge is 0.497 e. The third-order valence-corrected chi connectivity index (χ3v) is 2.54. The predicted octanol–water partition coefficient (Wildman–Crippen LogP) is 0.161. The van der Waals surface area contributed by atoms with E-state index >= 15 is 0 Å². The monoisotopic (exact) mass is 282 g/mol. The van der Waals surface area contributed by atoms with Gasteiger partial charge in [-0.25, -0.2) is 0 Å². The maximum atomic E-state index is 10.6. The van der Waals surface area contributed by atoms with Gasteiger partial charge in [0, 0.05) is 32.6 Å². The topological polar surface area (TPSA) is 79.8 Å². The summed E-state index contributed by atoms with van der Waals surface area (Å²) in [7, 11) is 1.59. The van der Waals surface area contributed by atoms with Gasteiger partial charge in [0.2, 0.25) is 5.91 Å². The minimum absolute atomic E-state index is 0.0614. The molecule has 0 aliphatic rings. The molecule has 6 heteroatoms. The van der Waals surface area contributed by atoms with E-state index in [1.54, 1.807) is 19.2 Å². The molecule has 112 valence electrons. The molecule has 0 saturated carbocycles. The number of benzene rings is 1. The molecule has 0 aromatic heterocycles. The minimum Gasteiger partial charge on any atom is -0.497 e. The summed E-state index contributed by atoms with van der Waals surface area (Å²) < 4.78 is 10.5. The van der Waals surface area contributed by atoms with Gasteiger partial charge in [-0.05, 0) is 12.1 Å². The second-order valence-corrected chi connectivity index (χ2v) is 4.33. The van der Waals surface area contributed by atoms with Crippen LogP contribution in [-0.2, 0) is 4.79 Å². The van der Waals surface area contributed by atoms with E-state index < -0.39 is 6.10 Å². The lowest BCUT2D eigenvalue weighted by Crippen LogP contribution is -2.36. The summed E-state index contributed by atoms with van der Waals surface area (Å²) in [5.74, 6) is 1.31. The Morgan fingerprint density at radius 2 is 2.10 bits per heavy atom. The van der Waals surface area contributed by atoms with E-state index in [9.17, 15) is 9.90 Å². The molecule has 1 unspecified atom stereocenters. The fraction of sp³-hybridized carbons (Fsp3) is 0.500. The number of amides is 1. The normalized spacial score (nSPS) is 11.8. The molecule has 20 heavy (non-hydrogen) atoms. The minimum atomic E-state index is -0.612. The number of rotatable bonds is 9. The van der Waals surface area contributed by atoms with Crippen LogP contribution in [0.2, 0.25) is 0 Å². The van der Waals surface area contributed by atoms with Crippen molar-refractivity contribution >= 4 is 5.91 Å². The molecule has 0 saturated heterocycles. The van der Waals surface area contributed by atoms with Crippen LogP contribution in [-0.4, -0.2) is 50.5 Å². The fourth-order valence-corrected chi connectivity index (χ4v) is 1.54. The van der Waals surface area contributed by atoms with Crippen molar-refractivity contribution in [3.63, 3.8) is 0 Å². The number of ether oxygens (including phenoxy) is 2. The summed E-state index contributed by atoms with van der Waals surface area (Å²) in [5, 5.41) is 15.4. The van der Waals surface area contributed by atoms with Crippen LogP contribution in [0.25, 0.3) is 0 Å². The molecule has 0 aliphatic carbocycles. The molecule has 1 rings (SSSR count). The summed E-state index contributed by atoms with van der Waals surface area (Å²) in [6.07, 6.45) is -0.612. The number of methoxy groups -OCH3 is 1. The van der Waals surface area contributed by atoms with Gasteiger partial charge in [0.05, 0.1) is 7.11 Å². The summed E-state index contributed by atoms with van der Waals surface area (Å²) in [5.41, 5.74) is 0. The van der Waals surface area contributed by atoms with Crippen LogP contribution in [0.1, 0.15) is 6.92 Å². The van der Waals surface area contributed by atoms with E-state index in [2.05, 4.69) is 10.6 Å². The molecule has 6 nitrogen and oxygen atoms in total. The van der Waals surface area contributed by atoms with Crippen molar-refractivity contribution in [2.24, 2.45) is 0 Å². The molecule has 3 N–H and O–H groups in total. The van der Waals surface area contributed by atoms with Crippen molar-refractivity contribution in [1.29, 1.82) is 0 Å². The molecule has 0 bridgehead atoms. The van der Waals surface area contributed by atoms with Gasteiger partial charge in [0.1, 0.15) is 24.2 Å². The van der Waals surface area contributed by atoms with Crippen molar-refractivity contribution < 1.29 is 19.4 Å². The first-order chi connectivity index (χ1) is 9.61. The van der Waals surface area contributed by atoms with Crippen LogP contribution in [0, 0.1) is 0 Å². The third kappa shape index (κ3) is 6.96. The quantitative estimate of drug-likeness (QED) is 0.562. The van der Waals surface area contributed by atoms with Gasteiger partial charge in [-0.15, -0.1) is 0 Å². The standard InChI is InChI=1S/C14H22N2O4/c1-11(17)16-7-6-15-9-12(18)10-20-14-5-3-4-13(8-14)19-2/h3-5,8,12,15,18H,6-7,9-10H2,1-2H3,(H,16,17). The van der Waals surface area contributed by atoms with Crippen molar-refractivity contribution in [1.82, 2.24) is 10.6 Å². The van der Waals surface area contributed by atoms with Crippen molar-refractivity contribution in [2.75, 3.05) is 33.4 Å². The van der Waals surface area contributed by atoms with Gasteiger partial charge in [-0.1, -0.05) is 6.07 Å². The number of hydrogen-bond acceptors (Lipinski definition) is 5. The summed E-state index contributed by atoms with van der Waals surface area (Å²) >= 11 is 0.